The van der Waals surface area contributed by atoms with E-state index in [-0.39, 0.29) is 0 Å². The van der Waals surface area contributed by atoms with Crippen LogP contribution in [0.2, 0.25) is 0 Å². The molecule has 1 aromatic carbocycles. The number of aliphatic hydroxyl groups is 1. The van der Waals surface area contributed by atoms with Gasteiger partial charge in [0, 0.05) is 6.42 Å². The van der Waals surface area contributed by atoms with Crippen LogP contribution in [0.1, 0.15) is 45.2 Å². The van der Waals surface area contributed by atoms with E-state index >= 15 is 0 Å². The third-order valence-electron chi connectivity index (χ3n) is 3.90. The number of hydrogen-bond acceptors (Lipinski definition) is 2. The second kappa shape index (κ2) is 4.21. The topological polar surface area (TPSA) is 29.5 Å². The lowest BCUT2D eigenvalue weighted by atomic mass is 9.77. The summed E-state index contributed by atoms with van der Waals surface area (Å²) in [5.41, 5.74) is -2.97. The Morgan fingerprint density at radius 3 is 1.90 bits per heavy atom. The van der Waals surface area contributed by atoms with Crippen LogP contribution in [0.4, 0.5) is 13.2 Å². The Morgan fingerprint density at radius 1 is 1.05 bits per heavy atom. The lowest BCUT2D eigenvalue weighted by Crippen LogP contribution is -2.43. The summed E-state index contributed by atoms with van der Waals surface area (Å²) in [6.07, 6.45) is -4.04. The fraction of sp³-hybridized carbons (Fsp3) is 0.600. The molecule has 1 fully saturated rings. The van der Waals surface area contributed by atoms with Crippen LogP contribution >= 0.6 is 0 Å². The second-order valence-corrected chi connectivity index (χ2v) is 6.48. The minimum atomic E-state index is -4.37. The first-order chi connectivity index (χ1) is 8.87. The predicted octanol–water partition coefficient (Wildman–Crippen LogP) is 3.87. The Morgan fingerprint density at radius 2 is 1.55 bits per heavy atom. The van der Waals surface area contributed by atoms with Gasteiger partial charge in [-0.05, 0) is 45.4 Å². The minimum absolute atomic E-state index is 0.332. The summed E-state index contributed by atoms with van der Waals surface area (Å²) in [5.74, 6) is 0. The van der Waals surface area contributed by atoms with Gasteiger partial charge in [-0.25, -0.2) is 0 Å². The molecule has 1 heterocycles. The molecule has 0 spiro atoms. The number of alkyl halides is 3. The van der Waals surface area contributed by atoms with Crippen molar-refractivity contribution < 1.29 is 23.0 Å². The van der Waals surface area contributed by atoms with Crippen molar-refractivity contribution in [1.82, 2.24) is 0 Å². The molecule has 2 rings (SSSR count). The van der Waals surface area contributed by atoms with Gasteiger partial charge in [-0.2, -0.15) is 13.2 Å². The lowest BCUT2D eigenvalue weighted by Gasteiger charge is -2.35. The monoisotopic (exact) mass is 288 g/mol. The fourth-order valence-electron chi connectivity index (χ4n) is 3.02. The van der Waals surface area contributed by atoms with Crippen LogP contribution in [0.25, 0.3) is 0 Å². The molecule has 1 aliphatic heterocycles. The SMILES string of the molecule is CC1(C)CC(O)(c2ccc(C(F)(F)F)cc2)C(C)(C)O1. The van der Waals surface area contributed by atoms with Crippen molar-refractivity contribution in [3.8, 4) is 0 Å². The van der Waals surface area contributed by atoms with Crippen molar-refractivity contribution in [1.29, 1.82) is 0 Å². The maximum Gasteiger partial charge on any atom is 0.416 e. The molecule has 0 radical (unpaired) electrons. The number of benzene rings is 1. The largest absolute Gasteiger partial charge is 0.416 e. The van der Waals surface area contributed by atoms with Crippen molar-refractivity contribution in [3.05, 3.63) is 35.4 Å². The molecule has 0 aliphatic carbocycles. The highest BCUT2D eigenvalue weighted by molar-refractivity contribution is 5.32. The average Bonchev–Trinajstić information content (AvgIpc) is 2.42. The normalized spacial score (nSPS) is 28.6. The van der Waals surface area contributed by atoms with E-state index in [1.807, 2.05) is 13.8 Å². The zero-order chi connectivity index (χ0) is 15.4. The van der Waals surface area contributed by atoms with Crippen molar-refractivity contribution in [2.45, 2.75) is 57.1 Å². The van der Waals surface area contributed by atoms with Gasteiger partial charge in [0.15, 0.2) is 0 Å². The van der Waals surface area contributed by atoms with E-state index in [0.29, 0.717) is 12.0 Å². The molecule has 2 nitrogen and oxygen atoms in total. The highest BCUT2D eigenvalue weighted by Gasteiger charge is 2.57. The summed E-state index contributed by atoms with van der Waals surface area (Å²) >= 11 is 0. The summed E-state index contributed by atoms with van der Waals surface area (Å²) in [5, 5.41) is 10.9. The van der Waals surface area contributed by atoms with Crippen LogP contribution in [0.3, 0.4) is 0 Å². The fourth-order valence-corrected chi connectivity index (χ4v) is 3.02. The van der Waals surface area contributed by atoms with E-state index in [2.05, 4.69) is 0 Å². The molecular weight excluding hydrogens is 269 g/mol. The van der Waals surface area contributed by atoms with Gasteiger partial charge in [-0.1, -0.05) is 12.1 Å². The van der Waals surface area contributed by atoms with Gasteiger partial charge in [0.2, 0.25) is 0 Å². The molecule has 0 aromatic heterocycles. The molecule has 1 aromatic rings. The van der Waals surface area contributed by atoms with E-state index < -0.39 is 28.5 Å². The summed E-state index contributed by atoms with van der Waals surface area (Å²) in [4.78, 5) is 0. The van der Waals surface area contributed by atoms with Gasteiger partial charge >= 0.3 is 6.18 Å². The Hall–Kier alpha value is -1.07. The summed E-state index contributed by atoms with van der Waals surface area (Å²) < 4.78 is 43.6. The zero-order valence-corrected chi connectivity index (χ0v) is 12.0. The molecule has 0 bridgehead atoms. The van der Waals surface area contributed by atoms with Gasteiger partial charge < -0.3 is 9.84 Å². The van der Waals surface area contributed by atoms with Crippen LogP contribution in [0.15, 0.2) is 24.3 Å². The summed E-state index contributed by atoms with van der Waals surface area (Å²) in [7, 11) is 0. The maximum absolute atomic E-state index is 12.6. The quantitative estimate of drug-likeness (QED) is 0.850. The third-order valence-corrected chi connectivity index (χ3v) is 3.90. The average molecular weight is 288 g/mol. The van der Waals surface area contributed by atoms with Crippen molar-refractivity contribution >= 4 is 0 Å². The van der Waals surface area contributed by atoms with Gasteiger partial charge in [0.05, 0.1) is 16.8 Å². The van der Waals surface area contributed by atoms with E-state index in [9.17, 15) is 18.3 Å². The number of halogens is 3. The van der Waals surface area contributed by atoms with E-state index in [1.165, 1.54) is 12.1 Å². The number of ether oxygens (including phenoxy) is 1. The first-order valence-corrected chi connectivity index (χ1v) is 6.48. The van der Waals surface area contributed by atoms with E-state index in [4.69, 9.17) is 4.74 Å². The highest BCUT2D eigenvalue weighted by atomic mass is 19.4. The van der Waals surface area contributed by atoms with Crippen LogP contribution in [0, 0.1) is 0 Å². The van der Waals surface area contributed by atoms with Gasteiger partial charge in [0.1, 0.15) is 5.60 Å². The van der Waals surface area contributed by atoms with Crippen molar-refractivity contribution in [2.24, 2.45) is 0 Å². The predicted molar refractivity (Wildman–Crippen MR) is 69.2 cm³/mol. The number of rotatable bonds is 1. The smallest absolute Gasteiger partial charge is 0.382 e. The van der Waals surface area contributed by atoms with Crippen LogP contribution < -0.4 is 0 Å². The van der Waals surface area contributed by atoms with Gasteiger partial charge in [-0.3, -0.25) is 0 Å². The zero-order valence-electron chi connectivity index (χ0n) is 12.0. The lowest BCUT2D eigenvalue weighted by molar-refractivity contribution is -0.137. The third kappa shape index (κ3) is 2.44. The van der Waals surface area contributed by atoms with Crippen LogP contribution in [-0.4, -0.2) is 16.3 Å². The Kier molecular flexibility index (Phi) is 3.23. The Balaban J connectivity index is 2.41. The first kappa shape index (κ1) is 15.3. The molecule has 0 saturated carbocycles. The minimum Gasteiger partial charge on any atom is -0.382 e. The van der Waals surface area contributed by atoms with Crippen LogP contribution in [-0.2, 0) is 16.5 Å². The molecule has 1 saturated heterocycles. The van der Waals surface area contributed by atoms with Crippen molar-refractivity contribution in [3.63, 3.8) is 0 Å². The molecule has 1 aliphatic rings. The Labute approximate surface area is 116 Å². The van der Waals surface area contributed by atoms with Gasteiger partial charge in [-0.15, -0.1) is 0 Å². The van der Waals surface area contributed by atoms with E-state index in [1.54, 1.807) is 13.8 Å². The van der Waals surface area contributed by atoms with E-state index in [0.717, 1.165) is 12.1 Å². The maximum atomic E-state index is 12.6. The molecule has 1 N–H and O–H groups in total. The Bertz CT molecular complexity index is 503. The molecule has 1 unspecified atom stereocenters. The van der Waals surface area contributed by atoms with Gasteiger partial charge in [0.25, 0.3) is 0 Å². The number of hydrogen-bond donors (Lipinski definition) is 1. The first-order valence-electron chi connectivity index (χ1n) is 6.48. The van der Waals surface area contributed by atoms with Crippen LogP contribution in [0.5, 0.6) is 0 Å². The standard InChI is InChI=1S/C15H19F3O2/c1-12(2)9-14(19,13(3,4)20-12)10-5-7-11(8-6-10)15(16,17)18/h5-8,19H,9H2,1-4H3. The molecule has 1 atom stereocenters. The summed E-state index contributed by atoms with van der Waals surface area (Å²) in [6, 6.07) is 4.65. The second-order valence-electron chi connectivity index (χ2n) is 6.48. The molecule has 0 amide bonds. The van der Waals surface area contributed by atoms with Crippen molar-refractivity contribution in [2.75, 3.05) is 0 Å². The molecule has 112 valence electrons. The highest BCUT2D eigenvalue weighted by Crippen LogP contribution is 2.51. The molecular formula is C15H19F3O2. The molecule has 5 heteroatoms. The molecule has 20 heavy (non-hydrogen) atoms. The summed E-state index contributed by atoms with van der Waals surface area (Å²) in [6.45, 7) is 7.21.